The Balaban J connectivity index is 1.88. The van der Waals surface area contributed by atoms with Crippen molar-refractivity contribution in [2.75, 3.05) is 31.6 Å². The molecule has 7 nitrogen and oxygen atoms in total. The van der Waals surface area contributed by atoms with Crippen LogP contribution in [0.5, 0.6) is 0 Å². The number of likely N-dealkylation sites (tertiary alicyclic amines) is 1. The average molecular weight is 299 g/mol. The number of nitrogen functional groups attached to an aromatic ring is 1. The molecule has 0 bridgehead atoms. The van der Waals surface area contributed by atoms with Crippen LogP contribution >= 0.6 is 11.8 Å². The van der Waals surface area contributed by atoms with Crippen molar-refractivity contribution < 1.29 is 9.90 Å². The minimum Gasteiger partial charge on any atom is -0.481 e. The largest absolute Gasteiger partial charge is 0.481 e. The third kappa shape index (κ3) is 4.11. The minimum atomic E-state index is -0.863. The average Bonchev–Trinajstić information content (AvgIpc) is 2.76. The van der Waals surface area contributed by atoms with Gasteiger partial charge in [0.25, 0.3) is 0 Å². The molecule has 1 fully saturated rings. The summed E-state index contributed by atoms with van der Waals surface area (Å²) in [6.07, 6.45) is 3.45. The van der Waals surface area contributed by atoms with E-state index < -0.39 is 5.97 Å². The van der Waals surface area contributed by atoms with Gasteiger partial charge in [0.05, 0.1) is 5.75 Å². The zero-order chi connectivity index (χ0) is 14.5. The Kier molecular flexibility index (Phi) is 5.24. The van der Waals surface area contributed by atoms with E-state index in [9.17, 15) is 4.79 Å². The highest BCUT2D eigenvalue weighted by Gasteiger charge is 2.18. The molecule has 0 amide bonds. The molecule has 8 heteroatoms. The number of anilines is 1. The van der Waals surface area contributed by atoms with E-state index in [0.29, 0.717) is 17.0 Å². The lowest BCUT2D eigenvalue weighted by Crippen LogP contribution is -2.30. The van der Waals surface area contributed by atoms with Gasteiger partial charge in [-0.15, -0.1) is 10.2 Å². The SMILES string of the molecule is CN1CCC(CCn2c(N)nnc2SCC(=O)O)CC1. The number of hydrogen-bond acceptors (Lipinski definition) is 6. The van der Waals surface area contributed by atoms with Crippen LogP contribution in [0.2, 0.25) is 0 Å². The molecular weight excluding hydrogens is 278 g/mol. The molecule has 2 rings (SSSR count). The molecule has 0 unspecified atom stereocenters. The highest BCUT2D eigenvalue weighted by Crippen LogP contribution is 2.23. The summed E-state index contributed by atoms with van der Waals surface area (Å²) in [5.41, 5.74) is 5.81. The Morgan fingerprint density at radius 2 is 2.15 bits per heavy atom. The number of nitrogens with zero attached hydrogens (tertiary/aromatic N) is 4. The Morgan fingerprint density at radius 3 is 2.80 bits per heavy atom. The molecule has 112 valence electrons. The summed E-state index contributed by atoms with van der Waals surface area (Å²) < 4.78 is 1.83. The molecule has 0 saturated carbocycles. The Hall–Kier alpha value is -1.28. The van der Waals surface area contributed by atoms with Gasteiger partial charge in [-0.1, -0.05) is 11.8 Å². The first-order valence-electron chi connectivity index (χ1n) is 6.78. The van der Waals surface area contributed by atoms with Gasteiger partial charge in [0.2, 0.25) is 5.95 Å². The number of piperidine rings is 1. The predicted octanol–water partition coefficient (Wildman–Crippen LogP) is 0.769. The van der Waals surface area contributed by atoms with Crippen molar-refractivity contribution in [2.24, 2.45) is 5.92 Å². The minimum absolute atomic E-state index is 0.0215. The van der Waals surface area contributed by atoms with Crippen molar-refractivity contribution in [2.45, 2.75) is 31.0 Å². The molecule has 1 saturated heterocycles. The lowest BCUT2D eigenvalue weighted by Gasteiger charge is -2.29. The summed E-state index contributed by atoms with van der Waals surface area (Å²) >= 11 is 1.16. The van der Waals surface area contributed by atoms with Gasteiger partial charge in [-0.25, -0.2) is 0 Å². The van der Waals surface area contributed by atoms with Crippen molar-refractivity contribution in [3.8, 4) is 0 Å². The van der Waals surface area contributed by atoms with Gasteiger partial charge in [0.1, 0.15) is 0 Å². The van der Waals surface area contributed by atoms with Gasteiger partial charge in [-0.05, 0) is 45.3 Å². The van der Waals surface area contributed by atoms with Crippen LogP contribution in [0.3, 0.4) is 0 Å². The summed E-state index contributed by atoms with van der Waals surface area (Å²) in [5.74, 6) is 0.182. The van der Waals surface area contributed by atoms with E-state index in [1.165, 1.54) is 12.8 Å². The van der Waals surface area contributed by atoms with E-state index in [-0.39, 0.29) is 5.75 Å². The predicted molar refractivity (Wildman–Crippen MR) is 77.6 cm³/mol. The second kappa shape index (κ2) is 6.94. The monoisotopic (exact) mass is 299 g/mol. The molecule has 20 heavy (non-hydrogen) atoms. The summed E-state index contributed by atoms with van der Waals surface area (Å²) in [4.78, 5) is 13.0. The van der Waals surface area contributed by atoms with Crippen molar-refractivity contribution in [1.29, 1.82) is 0 Å². The fourth-order valence-corrected chi connectivity index (χ4v) is 3.10. The molecule has 1 aliphatic heterocycles. The van der Waals surface area contributed by atoms with Crippen molar-refractivity contribution in [3.05, 3.63) is 0 Å². The number of carboxylic acids is 1. The number of hydrogen-bond donors (Lipinski definition) is 2. The van der Waals surface area contributed by atoms with Crippen molar-refractivity contribution in [3.63, 3.8) is 0 Å². The quantitative estimate of drug-likeness (QED) is 0.749. The molecule has 1 aliphatic rings. The number of carbonyl (C=O) groups is 1. The lowest BCUT2D eigenvalue weighted by atomic mass is 9.94. The zero-order valence-corrected chi connectivity index (χ0v) is 12.5. The maximum atomic E-state index is 10.6. The van der Waals surface area contributed by atoms with Crippen LogP contribution in [-0.4, -0.2) is 56.6 Å². The second-order valence-corrected chi connectivity index (χ2v) is 6.15. The normalized spacial score (nSPS) is 17.4. The summed E-state index contributed by atoms with van der Waals surface area (Å²) in [5, 5.41) is 17.1. The molecule has 0 radical (unpaired) electrons. The van der Waals surface area contributed by atoms with E-state index in [2.05, 4.69) is 22.1 Å². The van der Waals surface area contributed by atoms with Gasteiger partial charge in [-0.2, -0.15) is 0 Å². The maximum absolute atomic E-state index is 10.6. The van der Waals surface area contributed by atoms with E-state index >= 15 is 0 Å². The van der Waals surface area contributed by atoms with Crippen LogP contribution < -0.4 is 5.73 Å². The third-order valence-corrected chi connectivity index (χ3v) is 4.62. The van der Waals surface area contributed by atoms with Crippen LogP contribution in [0.1, 0.15) is 19.3 Å². The van der Waals surface area contributed by atoms with E-state index in [0.717, 1.165) is 37.8 Å². The topological polar surface area (TPSA) is 97.3 Å². The zero-order valence-electron chi connectivity index (χ0n) is 11.7. The number of thioether (sulfide) groups is 1. The number of carboxylic acid groups (broad SMARTS) is 1. The Labute approximate surface area is 122 Å². The van der Waals surface area contributed by atoms with Crippen LogP contribution in [0.25, 0.3) is 0 Å². The number of aromatic nitrogens is 3. The van der Waals surface area contributed by atoms with Gasteiger partial charge < -0.3 is 15.7 Å². The molecule has 1 aromatic rings. The van der Waals surface area contributed by atoms with E-state index in [1.54, 1.807) is 0 Å². The highest BCUT2D eigenvalue weighted by molar-refractivity contribution is 7.99. The summed E-state index contributed by atoms with van der Waals surface area (Å²) in [7, 11) is 2.15. The molecule has 2 heterocycles. The van der Waals surface area contributed by atoms with Gasteiger partial charge >= 0.3 is 5.97 Å². The van der Waals surface area contributed by atoms with Crippen molar-refractivity contribution in [1.82, 2.24) is 19.7 Å². The maximum Gasteiger partial charge on any atom is 0.313 e. The van der Waals surface area contributed by atoms with Crippen molar-refractivity contribution >= 4 is 23.7 Å². The molecule has 0 aromatic carbocycles. The fraction of sp³-hybridized carbons (Fsp3) is 0.750. The highest BCUT2D eigenvalue weighted by atomic mass is 32.2. The Morgan fingerprint density at radius 1 is 1.45 bits per heavy atom. The number of rotatable bonds is 6. The van der Waals surface area contributed by atoms with Gasteiger partial charge in [-0.3, -0.25) is 9.36 Å². The molecule has 0 atom stereocenters. The molecule has 1 aromatic heterocycles. The first-order chi connectivity index (χ1) is 9.56. The summed E-state index contributed by atoms with van der Waals surface area (Å²) in [6.45, 7) is 3.04. The molecular formula is C12H21N5O2S. The lowest BCUT2D eigenvalue weighted by molar-refractivity contribution is -0.133. The fourth-order valence-electron chi connectivity index (χ4n) is 2.41. The van der Waals surface area contributed by atoms with Crippen LogP contribution in [-0.2, 0) is 11.3 Å². The first-order valence-corrected chi connectivity index (χ1v) is 7.76. The van der Waals surface area contributed by atoms with Gasteiger partial charge in [0, 0.05) is 6.54 Å². The number of nitrogens with two attached hydrogens (primary N) is 1. The number of aliphatic carboxylic acids is 1. The molecule has 3 N–H and O–H groups in total. The van der Waals surface area contributed by atoms with E-state index in [1.807, 2.05) is 4.57 Å². The molecule has 0 aliphatic carbocycles. The first kappa shape index (κ1) is 15.1. The second-order valence-electron chi connectivity index (χ2n) is 5.21. The smallest absolute Gasteiger partial charge is 0.313 e. The molecule has 0 spiro atoms. The van der Waals surface area contributed by atoms with Crippen LogP contribution in [0.4, 0.5) is 5.95 Å². The Bertz CT molecular complexity index is 457. The standard InChI is InChI=1S/C12H21N5O2S/c1-16-5-2-9(3-6-16)4-7-17-11(13)14-15-12(17)20-8-10(18)19/h9H,2-8H2,1H3,(H2,13,14)(H,18,19). The third-order valence-electron chi connectivity index (χ3n) is 3.67. The van der Waals surface area contributed by atoms with Crippen LogP contribution in [0.15, 0.2) is 5.16 Å². The van der Waals surface area contributed by atoms with Gasteiger partial charge in [0.15, 0.2) is 5.16 Å². The summed E-state index contributed by atoms with van der Waals surface area (Å²) in [6, 6.07) is 0. The van der Waals surface area contributed by atoms with E-state index in [4.69, 9.17) is 10.8 Å². The van der Waals surface area contributed by atoms with Crippen LogP contribution in [0, 0.1) is 5.92 Å².